The van der Waals surface area contributed by atoms with Crippen molar-refractivity contribution in [2.24, 2.45) is 5.73 Å². The average Bonchev–Trinajstić information content (AvgIpc) is 2.03. The highest BCUT2D eigenvalue weighted by atomic mass is 79.9. The Morgan fingerprint density at radius 2 is 1.77 bits per heavy atom. The molecule has 72 valence electrons. The van der Waals surface area contributed by atoms with E-state index >= 15 is 0 Å². The summed E-state index contributed by atoms with van der Waals surface area (Å²) in [6, 6.07) is 6.43. The molecule has 13 heavy (non-hydrogen) atoms. The van der Waals surface area contributed by atoms with E-state index in [4.69, 9.17) is 5.73 Å². The van der Waals surface area contributed by atoms with E-state index in [1.54, 1.807) is 0 Å². The first-order chi connectivity index (χ1) is 6.02. The van der Waals surface area contributed by atoms with Crippen LogP contribution in [0.3, 0.4) is 0 Å². The van der Waals surface area contributed by atoms with Crippen molar-refractivity contribution >= 4 is 15.9 Å². The molecule has 0 saturated heterocycles. The van der Waals surface area contributed by atoms with Gasteiger partial charge < -0.3 is 5.73 Å². The number of rotatable bonds is 2. The molecule has 1 aromatic rings. The third-order valence-corrected chi connectivity index (χ3v) is 2.65. The number of hydrogen-bond donors (Lipinski definition) is 1. The third kappa shape index (κ3) is 2.55. The van der Waals surface area contributed by atoms with Crippen molar-refractivity contribution in [1.29, 1.82) is 0 Å². The van der Waals surface area contributed by atoms with Crippen LogP contribution >= 0.6 is 15.9 Å². The van der Waals surface area contributed by atoms with Crippen LogP contribution < -0.4 is 5.73 Å². The van der Waals surface area contributed by atoms with E-state index in [1.165, 1.54) is 11.1 Å². The minimum absolute atomic E-state index is 0.106. The molecule has 0 bridgehead atoms. The highest BCUT2D eigenvalue weighted by Gasteiger charge is 2.09. The van der Waals surface area contributed by atoms with Crippen LogP contribution in [0.4, 0.5) is 0 Å². The maximum Gasteiger partial charge on any atom is 0.0269 e. The molecule has 1 nitrogen and oxygen atoms in total. The highest BCUT2D eigenvalue weighted by Crippen LogP contribution is 2.26. The molecule has 1 aromatic carbocycles. The fourth-order valence-electron chi connectivity index (χ4n) is 1.47. The molecule has 0 aromatic heterocycles. The molecule has 0 fully saturated rings. The Hall–Kier alpha value is -0.340. The topological polar surface area (TPSA) is 26.0 Å². The molecular weight excluding hydrogens is 226 g/mol. The Labute approximate surface area is 88.5 Å². The maximum absolute atomic E-state index is 5.90. The molecule has 1 unspecified atom stereocenters. The van der Waals surface area contributed by atoms with Crippen molar-refractivity contribution in [3.05, 3.63) is 33.8 Å². The van der Waals surface area contributed by atoms with Crippen LogP contribution in [0.25, 0.3) is 0 Å². The molecule has 0 aliphatic carbocycles. The van der Waals surface area contributed by atoms with Crippen LogP contribution in [0.15, 0.2) is 22.7 Å². The van der Waals surface area contributed by atoms with Gasteiger partial charge in [0.1, 0.15) is 0 Å². The molecule has 0 aliphatic heterocycles. The Morgan fingerprint density at radius 3 is 2.23 bits per heavy atom. The van der Waals surface area contributed by atoms with Gasteiger partial charge in [0.2, 0.25) is 0 Å². The number of benzene rings is 1. The summed E-state index contributed by atoms with van der Waals surface area (Å²) >= 11 is 3.46. The summed E-state index contributed by atoms with van der Waals surface area (Å²) in [6.45, 7) is 6.40. The van der Waals surface area contributed by atoms with Crippen molar-refractivity contribution in [2.75, 3.05) is 0 Å². The van der Waals surface area contributed by atoms with E-state index in [2.05, 4.69) is 48.0 Å². The zero-order valence-corrected chi connectivity index (χ0v) is 9.93. The van der Waals surface area contributed by atoms with Gasteiger partial charge in [0.15, 0.2) is 0 Å². The fourth-order valence-corrected chi connectivity index (χ4v) is 1.84. The fraction of sp³-hybridized carbons (Fsp3) is 0.455. The van der Waals surface area contributed by atoms with Crippen molar-refractivity contribution in [2.45, 2.75) is 32.7 Å². The minimum Gasteiger partial charge on any atom is -0.324 e. The highest BCUT2D eigenvalue weighted by molar-refractivity contribution is 9.10. The molecule has 0 saturated carbocycles. The van der Waals surface area contributed by atoms with Crippen LogP contribution in [-0.4, -0.2) is 0 Å². The van der Waals surface area contributed by atoms with E-state index in [1.807, 2.05) is 6.92 Å². The molecule has 1 atom stereocenters. The predicted molar refractivity (Wildman–Crippen MR) is 60.8 cm³/mol. The maximum atomic E-state index is 5.90. The van der Waals surface area contributed by atoms with E-state index < -0.39 is 0 Å². The van der Waals surface area contributed by atoms with Crippen LogP contribution in [0.2, 0.25) is 0 Å². The first-order valence-electron chi connectivity index (χ1n) is 4.57. The van der Waals surface area contributed by atoms with Gasteiger partial charge >= 0.3 is 0 Å². The second-order valence-corrected chi connectivity index (χ2v) is 4.63. The van der Waals surface area contributed by atoms with Gasteiger partial charge in [-0.05, 0) is 36.1 Å². The zero-order valence-electron chi connectivity index (χ0n) is 8.34. The second-order valence-electron chi connectivity index (χ2n) is 3.72. The van der Waals surface area contributed by atoms with E-state index in [0.29, 0.717) is 5.92 Å². The van der Waals surface area contributed by atoms with Crippen LogP contribution in [-0.2, 0) is 0 Å². The molecule has 1 rings (SSSR count). The van der Waals surface area contributed by atoms with Crippen LogP contribution in [0.1, 0.15) is 43.9 Å². The van der Waals surface area contributed by atoms with E-state index in [-0.39, 0.29) is 6.04 Å². The summed E-state index contributed by atoms with van der Waals surface area (Å²) in [5.74, 6) is 0.536. The van der Waals surface area contributed by atoms with Gasteiger partial charge in [0, 0.05) is 10.5 Å². The Bertz CT molecular complexity index is 292. The smallest absolute Gasteiger partial charge is 0.0269 e. The average molecular weight is 242 g/mol. The number of halogens is 1. The summed E-state index contributed by atoms with van der Waals surface area (Å²) in [5, 5.41) is 0. The molecule has 0 amide bonds. The number of nitrogens with two attached hydrogens (primary N) is 1. The van der Waals surface area contributed by atoms with Crippen molar-refractivity contribution in [3.63, 3.8) is 0 Å². The monoisotopic (exact) mass is 241 g/mol. The molecule has 0 radical (unpaired) electrons. The lowest BCUT2D eigenvalue weighted by molar-refractivity contribution is 0.764. The summed E-state index contributed by atoms with van der Waals surface area (Å²) in [5.41, 5.74) is 8.49. The normalized spacial score (nSPS) is 13.4. The van der Waals surface area contributed by atoms with Gasteiger partial charge in [-0.15, -0.1) is 0 Å². The third-order valence-electron chi connectivity index (χ3n) is 2.16. The molecule has 0 spiro atoms. The Morgan fingerprint density at radius 1 is 1.15 bits per heavy atom. The lowest BCUT2D eigenvalue weighted by atomic mass is 9.94. The predicted octanol–water partition coefficient (Wildman–Crippen LogP) is 3.59. The molecule has 2 N–H and O–H groups in total. The standard InChI is InChI=1S/C11H16BrN/c1-7(2)10-5-4-9(12)6-11(10)8(3)13/h4-8H,13H2,1-3H3. The lowest BCUT2D eigenvalue weighted by Gasteiger charge is -2.15. The molecular formula is C11H16BrN. The zero-order chi connectivity index (χ0) is 10.0. The minimum atomic E-state index is 0.106. The summed E-state index contributed by atoms with van der Waals surface area (Å²) < 4.78 is 1.10. The van der Waals surface area contributed by atoms with Crippen molar-refractivity contribution in [3.8, 4) is 0 Å². The molecule has 0 heterocycles. The Kier molecular flexibility index (Phi) is 3.51. The first-order valence-corrected chi connectivity index (χ1v) is 5.36. The molecule has 2 heteroatoms. The van der Waals surface area contributed by atoms with Gasteiger partial charge in [-0.1, -0.05) is 35.8 Å². The van der Waals surface area contributed by atoms with Crippen molar-refractivity contribution < 1.29 is 0 Å². The quantitative estimate of drug-likeness (QED) is 0.842. The van der Waals surface area contributed by atoms with Gasteiger partial charge in [-0.3, -0.25) is 0 Å². The summed E-state index contributed by atoms with van der Waals surface area (Å²) in [4.78, 5) is 0. The van der Waals surface area contributed by atoms with Gasteiger partial charge in [-0.2, -0.15) is 0 Å². The second kappa shape index (κ2) is 4.25. The first kappa shape index (κ1) is 10.7. The van der Waals surface area contributed by atoms with Crippen LogP contribution in [0, 0.1) is 0 Å². The van der Waals surface area contributed by atoms with Gasteiger partial charge in [0.25, 0.3) is 0 Å². The lowest BCUT2D eigenvalue weighted by Crippen LogP contribution is -2.09. The largest absolute Gasteiger partial charge is 0.324 e. The van der Waals surface area contributed by atoms with Crippen LogP contribution in [0.5, 0.6) is 0 Å². The summed E-state index contributed by atoms with van der Waals surface area (Å²) in [7, 11) is 0. The number of hydrogen-bond acceptors (Lipinski definition) is 1. The summed E-state index contributed by atoms with van der Waals surface area (Å²) in [6.07, 6.45) is 0. The molecule has 0 aliphatic rings. The SMILES string of the molecule is CC(C)c1ccc(Br)cc1C(C)N. The van der Waals surface area contributed by atoms with E-state index in [9.17, 15) is 0 Å². The van der Waals surface area contributed by atoms with Gasteiger partial charge in [-0.25, -0.2) is 0 Å². The van der Waals surface area contributed by atoms with E-state index in [0.717, 1.165) is 4.47 Å². The van der Waals surface area contributed by atoms with Crippen molar-refractivity contribution in [1.82, 2.24) is 0 Å². The Balaban J connectivity index is 3.19. The van der Waals surface area contributed by atoms with Gasteiger partial charge in [0.05, 0.1) is 0 Å².